The highest BCUT2D eigenvalue weighted by Crippen LogP contribution is 2.40. The molecule has 0 aliphatic carbocycles. The summed E-state index contributed by atoms with van der Waals surface area (Å²) in [6.45, 7) is 8.67. The predicted molar refractivity (Wildman–Crippen MR) is 158 cm³/mol. The lowest BCUT2D eigenvalue weighted by molar-refractivity contribution is -0.122. The van der Waals surface area contributed by atoms with E-state index in [1.165, 1.54) is 0 Å². The number of rotatable bonds is 12. The SMILES string of the molecule is CC=COc1cc(CO[C@@H]2CCN(C(C)(C)CCC(C(N)=O)(c3ccccc3)c3ccccc3)C2)ccc1Cl. The zero-order valence-electron chi connectivity index (χ0n) is 23.1. The van der Waals surface area contributed by atoms with E-state index in [2.05, 4.69) is 18.7 Å². The molecule has 39 heavy (non-hydrogen) atoms. The van der Waals surface area contributed by atoms with Crippen LogP contribution in [-0.4, -0.2) is 35.5 Å². The summed E-state index contributed by atoms with van der Waals surface area (Å²) in [6, 6.07) is 25.6. The molecule has 0 spiro atoms. The van der Waals surface area contributed by atoms with E-state index in [0.717, 1.165) is 42.6 Å². The first kappa shape index (κ1) is 28.9. The highest BCUT2D eigenvalue weighted by molar-refractivity contribution is 6.32. The van der Waals surface area contributed by atoms with Crippen LogP contribution in [0.2, 0.25) is 5.02 Å². The average Bonchev–Trinajstić information content (AvgIpc) is 3.43. The Morgan fingerprint density at radius 1 is 1.03 bits per heavy atom. The van der Waals surface area contributed by atoms with Crippen LogP contribution in [-0.2, 0) is 21.6 Å². The molecular weight excluding hydrogens is 508 g/mol. The van der Waals surface area contributed by atoms with E-state index >= 15 is 0 Å². The molecule has 1 aliphatic heterocycles. The minimum absolute atomic E-state index is 0.129. The molecule has 5 nitrogen and oxygen atoms in total. The lowest BCUT2D eigenvalue weighted by Crippen LogP contribution is -2.47. The van der Waals surface area contributed by atoms with Gasteiger partial charge in [0.1, 0.15) is 5.75 Å². The van der Waals surface area contributed by atoms with Gasteiger partial charge in [-0.1, -0.05) is 84.4 Å². The first-order valence-corrected chi connectivity index (χ1v) is 14.0. The van der Waals surface area contributed by atoms with Crippen LogP contribution in [0, 0.1) is 0 Å². The van der Waals surface area contributed by atoms with Gasteiger partial charge in [-0.25, -0.2) is 0 Å². The summed E-state index contributed by atoms with van der Waals surface area (Å²) in [5, 5.41) is 0.573. The molecule has 1 saturated heterocycles. The second-order valence-corrected chi connectivity index (χ2v) is 11.2. The minimum Gasteiger partial charge on any atom is -0.464 e. The highest BCUT2D eigenvalue weighted by atomic mass is 35.5. The van der Waals surface area contributed by atoms with Crippen molar-refractivity contribution >= 4 is 17.5 Å². The first-order chi connectivity index (χ1) is 18.8. The molecule has 206 valence electrons. The first-order valence-electron chi connectivity index (χ1n) is 13.6. The molecule has 0 unspecified atom stereocenters. The fourth-order valence-corrected chi connectivity index (χ4v) is 5.62. The summed E-state index contributed by atoms with van der Waals surface area (Å²) in [5.41, 5.74) is 8.04. The third kappa shape index (κ3) is 6.73. The summed E-state index contributed by atoms with van der Waals surface area (Å²) in [7, 11) is 0. The second kappa shape index (κ2) is 12.8. The molecule has 1 atom stereocenters. The van der Waals surface area contributed by atoms with E-state index in [0.29, 0.717) is 23.8 Å². The van der Waals surface area contributed by atoms with Crippen molar-refractivity contribution in [1.29, 1.82) is 0 Å². The Labute approximate surface area is 237 Å². The molecule has 0 aromatic heterocycles. The number of allylic oxidation sites excluding steroid dienone is 1. The monoisotopic (exact) mass is 546 g/mol. The van der Waals surface area contributed by atoms with Crippen LogP contribution in [0.25, 0.3) is 0 Å². The predicted octanol–water partition coefficient (Wildman–Crippen LogP) is 6.87. The molecule has 2 N–H and O–H groups in total. The summed E-state index contributed by atoms with van der Waals surface area (Å²) in [4.78, 5) is 15.7. The lowest BCUT2D eigenvalue weighted by Gasteiger charge is -2.40. The standard InChI is InChI=1S/C33H39ClN2O3/c1-4-21-38-30-22-25(15-16-29(30)34)24-39-28-17-20-36(23-28)32(2,3)18-19-33(31(35)37,26-11-7-5-8-12-26)27-13-9-6-10-14-27/h4-16,21-22,28H,17-20,23-24H2,1-3H3,(H2,35,37)/t28-/m1/s1. The summed E-state index contributed by atoms with van der Waals surface area (Å²) in [5.74, 6) is 0.305. The van der Waals surface area contributed by atoms with E-state index in [9.17, 15) is 4.79 Å². The van der Waals surface area contributed by atoms with Crippen molar-refractivity contribution in [2.75, 3.05) is 13.1 Å². The smallest absolute Gasteiger partial charge is 0.232 e. The number of nitrogens with zero attached hydrogens (tertiary/aromatic N) is 1. The van der Waals surface area contributed by atoms with Gasteiger partial charge in [0.15, 0.2) is 0 Å². The molecule has 0 bridgehead atoms. The van der Waals surface area contributed by atoms with Gasteiger partial charge >= 0.3 is 0 Å². The number of likely N-dealkylation sites (tertiary alicyclic amines) is 1. The Morgan fingerprint density at radius 2 is 1.67 bits per heavy atom. The number of primary amides is 1. The van der Waals surface area contributed by atoms with Crippen molar-refractivity contribution in [2.24, 2.45) is 5.73 Å². The molecule has 0 radical (unpaired) electrons. The number of hydrogen-bond donors (Lipinski definition) is 1. The summed E-state index contributed by atoms with van der Waals surface area (Å²) in [6.07, 6.45) is 5.94. The van der Waals surface area contributed by atoms with Gasteiger partial charge in [0.05, 0.1) is 29.4 Å². The Balaban J connectivity index is 1.43. The lowest BCUT2D eigenvalue weighted by atomic mass is 9.69. The fraction of sp³-hybridized carbons (Fsp3) is 0.364. The van der Waals surface area contributed by atoms with E-state index in [1.54, 1.807) is 6.26 Å². The molecular formula is C33H39ClN2O3. The zero-order chi connectivity index (χ0) is 27.9. The molecule has 3 aromatic rings. The molecule has 6 heteroatoms. The molecule has 1 aliphatic rings. The van der Waals surface area contributed by atoms with Gasteiger partial charge in [0.25, 0.3) is 0 Å². The number of carbonyl (C=O) groups excluding carboxylic acids is 1. The van der Waals surface area contributed by atoms with Gasteiger partial charge < -0.3 is 15.2 Å². The molecule has 1 heterocycles. The zero-order valence-corrected chi connectivity index (χ0v) is 23.9. The van der Waals surface area contributed by atoms with Gasteiger partial charge in [-0.2, -0.15) is 0 Å². The van der Waals surface area contributed by atoms with Gasteiger partial charge in [-0.05, 0) is 68.9 Å². The van der Waals surface area contributed by atoms with E-state index in [-0.39, 0.29) is 17.6 Å². The van der Waals surface area contributed by atoms with Gasteiger partial charge in [0, 0.05) is 18.6 Å². The average molecular weight is 547 g/mol. The Hall–Kier alpha value is -3.12. The number of hydrogen-bond acceptors (Lipinski definition) is 4. The van der Waals surface area contributed by atoms with Crippen LogP contribution in [0.4, 0.5) is 0 Å². The molecule has 0 saturated carbocycles. The molecule has 1 amide bonds. The quantitative estimate of drug-likeness (QED) is 0.252. The number of nitrogens with two attached hydrogens (primary N) is 1. The van der Waals surface area contributed by atoms with Crippen LogP contribution in [0.1, 0.15) is 56.7 Å². The Bertz CT molecular complexity index is 1220. The van der Waals surface area contributed by atoms with Crippen molar-refractivity contribution in [3.8, 4) is 5.75 Å². The van der Waals surface area contributed by atoms with Gasteiger partial charge in [-0.15, -0.1) is 0 Å². The van der Waals surface area contributed by atoms with Gasteiger partial charge in [0.2, 0.25) is 5.91 Å². The molecule has 1 fully saturated rings. The maximum Gasteiger partial charge on any atom is 0.232 e. The number of ether oxygens (including phenoxy) is 2. The van der Waals surface area contributed by atoms with E-state index in [1.807, 2.05) is 91.9 Å². The van der Waals surface area contributed by atoms with Crippen molar-refractivity contribution in [2.45, 2.75) is 63.7 Å². The highest BCUT2D eigenvalue weighted by Gasteiger charge is 2.43. The van der Waals surface area contributed by atoms with Crippen LogP contribution < -0.4 is 10.5 Å². The fourth-order valence-electron chi connectivity index (χ4n) is 5.46. The Morgan fingerprint density at radius 3 is 2.26 bits per heavy atom. The summed E-state index contributed by atoms with van der Waals surface area (Å²) >= 11 is 6.25. The molecule has 3 aromatic carbocycles. The van der Waals surface area contributed by atoms with Crippen molar-refractivity contribution in [3.63, 3.8) is 0 Å². The van der Waals surface area contributed by atoms with E-state index in [4.69, 9.17) is 26.8 Å². The second-order valence-electron chi connectivity index (χ2n) is 10.8. The third-order valence-corrected chi connectivity index (χ3v) is 8.19. The van der Waals surface area contributed by atoms with Crippen molar-refractivity contribution < 1.29 is 14.3 Å². The van der Waals surface area contributed by atoms with E-state index < -0.39 is 5.41 Å². The minimum atomic E-state index is -0.892. The van der Waals surface area contributed by atoms with Crippen LogP contribution in [0.15, 0.2) is 91.2 Å². The maximum absolute atomic E-state index is 13.2. The topological polar surface area (TPSA) is 64.8 Å². The maximum atomic E-state index is 13.2. The summed E-state index contributed by atoms with van der Waals surface area (Å²) < 4.78 is 11.9. The van der Waals surface area contributed by atoms with Crippen LogP contribution in [0.3, 0.4) is 0 Å². The normalized spacial score (nSPS) is 16.6. The Kier molecular flexibility index (Phi) is 9.49. The number of benzene rings is 3. The third-order valence-electron chi connectivity index (χ3n) is 7.88. The number of amides is 1. The van der Waals surface area contributed by atoms with Gasteiger partial charge in [-0.3, -0.25) is 9.69 Å². The van der Waals surface area contributed by atoms with Crippen molar-refractivity contribution in [3.05, 3.63) is 113 Å². The van der Waals surface area contributed by atoms with Crippen LogP contribution >= 0.6 is 11.6 Å². The van der Waals surface area contributed by atoms with Crippen molar-refractivity contribution in [1.82, 2.24) is 4.90 Å². The number of halogens is 1. The molecule has 4 rings (SSSR count). The largest absolute Gasteiger partial charge is 0.464 e. The van der Waals surface area contributed by atoms with Crippen LogP contribution in [0.5, 0.6) is 5.75 Å². The number of carbonyl (C=O) groups is 1.